The van der Waals surface area contributed by atoms with Crippen molar-refractivity contribution < 1.29 is 0 Å². The maximum absolute atomic E-state index is 6.60. The Kier molecular flexibility index (Phi) is 8.61. The second-order valence-electron chi connectivity index (χ2n) is 8.45. The molecular formula is C22H41N. The first kappa shape index (κ1) is 20.5. The summed E-state index contributed by atoms with van der Waals surface area (Å²) in [6, 6.07) is 0.182. The maximum atomic E-state index is 6.60. The summed E-state index contributed by atoms with van der Waals surface area (Å²) < 4.78 is 0. The number of allylic oxidation sites excluding steroid dienone is 1. The molecule has 1 heteroatoms. The third-order valence-electron chi connectivity index (χ3n) is 6.28. The van der Waals surface area contributed by atoms with E-state index < -0.39 is 0 Å². The Morgan fingerprint density at radius 2 is 1.65 bits per heavy atom. The van der Waals surface area contributed by atoms with E-state index in [0.717, 1.165) is 12.3 Å². The molecule has 0 radical (unpaired) electrons. The predicted molar refractivity (Wildman–Crippen MR) is 104 cm³/mol. The van der Waals surface area contributed by atoms with Gasteiger partial charge in [0, 0.05) is 6.04 Å². The Labute approximate surface area is 145 Å². The van der Waals surface area contributed by atoms with E-state index in [-0.39, 0.29) is 6.04 Å². The normalized spacial score (nSPS) is 21.7. The maximum Gasteiger partial charge on any atom is 0.0279 e. The summed E-state index contributed by atoms with van der Waals surface area (Å²) in [6.07, 6.45) is 8.91. The molecule has 0 aromatic heterocycles. The largest absolute Gasteiger partial charge is 0.324 e. The van der Waals surface area contributed by atoms with Crippen molar-refractivity contribution in [2.45, 2.75) is 85.6 Å². The summed E-state index contributed by atoms with van der Waals surface area (Å²) in [4.78, 5) is 0. The lowest BCUT2D eigenvalue weighted by Gasteiger charge is -2.37. The van der Waals surface area contributed by atoms with Crippen LogP contribution in [-0.4, -0.2) is 6.04 Å². The van der Waals surface area contributed by atoms with Crippen LogP contribution >= 0.6 is 0 Å². The van der Waals surface area contributed by atoms with Gasteiger partial charge in [-0.25, -0.2) is 0 Å². The Balaban J connectivity index is 2.80. The van der Waals surface area contributed by atoms with Gasteiger partial charge in [-0.15, -0.1) is 0 Å². The third-order valence-corrected chi connectivity index (χ3v) is 6.28. The van der Waals surface area contributed by atoms with Gasteiger partial charge in [0.05, 0.1) is 0 Å². The Bertz CT molecular complexity index is 375. The van der Waals surface area contributed by atoms with E-state index in [1.807, 2.05) is 0 Å². The minimum Gasteiger partial charge on any atom is -0.324 e. The van der Waals surface area contributed by atoms with Crippen LogP contribution in [0, 0.1) is 29.6 Å². The molecule has 134 valence electrons. The van der Waals surface area contributed by atoms with Gasteiger partial charge in [0.15, 0.2) is 0 Å². The SMILES string of the molecule is C=C(CC(C(=C)C)C(C(C)C)C(C)CC)C(N)C1CCCCC1. The Morgan fingerprint density at radius 1 is 1.09 bits per heavy atom. The Hall–Kier alpha value is -0.560. The molecule has 2 N–H and O–H groups in total. The summed E-state index contributed by atoms with van der Waals surface area (Å²) >= 11 is 0. The van der Waals surface area contributed by atoms with Crippen LogP contribution in [0.5, 0.6) is 0 Å². The van der Waals surface area contributed by atoms with Crippen molar-refractivity contribution in [3.8, 4) is 0 Å². The fourth-order valence-electron chi connectivity index (χ4n) is 4.67. The van der Waals surface area contributed by atoms with Crippen molar-refractivity contribution in [3.05, 3.63) is 24.3 Å². The first-order valence-electron chi connectivity index (χ1n) is 9.88. The highest BCUT2D eigenvalue weighted by molar-refractivity contribution is 5.14. The number of hydrogen-bond acceptors (Lipinski definition) is 1. The third kappa shape index (κ3) is 5.78. The van der Waals surface area contributed by atoms with E-state index in [1.54, 1.807) is 0 Å². The van der Waals surface area contributed by atoms with Crippen LogP contribution < -0.4 is 5.73 Å². The molecule has 1 rings (SSSR count). The quantitative estimate of drug-likeness (QED) is 0.492. The molecular weight excluding hydrogens is 278 g/mol. The van der Waals surface area contributed by atoms with Crippen LogP contribution in [0.4, 0.5) is 0 Å². The summed E-state index contributed by atoms with van der Waals surface area (Å²) in [5.74, 6) is 3.24. The molecule has 0 saturated heterocycles. The second-order valence-corrected chi connectivity index (χ2v) is 8.45. The topological polar surface area (TPSA) is 26.0 Å². The fraction of sp³-hybridized carbons (Fsp3) is 0.818. The summed E-state index contributed by atoms with van der Waals surface area (Å²) in [7, 11) is 0. The molecule has 0 aromatic rings. The molecule has 4 atom stereocenters. The molecule has 1 fully saturated rings. The number of hydrogen-bond donors (Lipinski definition) is 1. The number of nitrogens with two attached hydrogens (primary N) is 1. The zero-order valence-electron chi connectivity index (χ0n) is 16.4. The van der Waals surface area contributed by atoms with E-state index in [9.17, 15) is 0 Å². The lowest BCUT2D eigenvalue weighted by atomic mass is 9.68. The van der Waals surface area contributed by atoms with E-state index in [1.165, 1.54) is 49.7 Å². The fourth-order valence-corrected chi connectivity index (χ4v) is 4.67. The smallest absolute Gasteiger partial charge is 0.0279 e. The van der Waals surface area contributed by atoms with Crippen LogP contribution in [0.3, 0.4) is 0 Å². The van der Waals surface area contributed by atoms with Crippen LogP contribution in [0.25, 0.3) is 0 Å². The van der Waals surface area contributed by atoms with Crippen molar-refractivity contribution in [3.63, 3.8) is 0 Å². The van der Waals surface area contributed by atoms with Crippen LogP contribution in [0.15, 0.2) is 24.3 Å². The molecule has 23 heavy (non-hydrogen) atoms. The van der Waals surface area contributed by atoms with Gasteiger partial charge in [-0.1, -0.05) is 77.7 Å². The zero-order valence-corrected chi connectivity index (χ0v) is 16.4. The van der Waals surface area contributed by atoms with Crippen molar-refractivity contribution >= 4 is 0 Å². The lowest BCUT2D eigenvalue weighted by Crippen LogP contribution is -2.35. The first-order valence-corrected chi connectivity index (χ1v) is 9.88. The predicted octanol–water partition coefficient (Wildman–Crippen LogP) is 6.35. The van der Waals surface area contributed by atoms with Gasteiger partial charge in [-0.3, -0.25) is 0 Å². The summed E-state index contributed by atoms with van der Waals surface area (Å²) in [5, 5.41) is 0. The number of rotatable bonds is 9. The minimum atomic E-state index is 0.182. The molecule has 4 unspecified atom stereocenters. The first-order chi connectivity index (χ1) is 10.8. The summed E-state index contributed by atoms with van der Waals surface area (Å²) in [5.41, 5.74) is 9.17. The zero-order chi connectivity index (χ0) is 17.6. The van der Waals surface area contributed by atoms with Gasteiger partial charge in [0.2, 0.25) is 0 Å². The van der Waals surface area contributed by atoms with Crippen molar-refractivity contribution in [1.29, 1.82) is 0 Å². The molecule has 0 aromatic carbocycles. The van der Waals surface area contributed by atoms with Crippen molar-refractivity contribution in [2.24, 2.45) is 35.3 Å². The molecule has 0 amide bonds. The van der Waals surface area contributed by atoms with E-state index in [4.69, 9.17) is 5.73 Å². The van der Waals surface area contributed by atoms with Gasteiger partial charge < -0.3 is 5.73 Å². The van der Waals surface area contributed by atoms with Gasteiger partial charge in [-0.05, 0) is 55.8 Å². The monoisotopic (exact) mass is 319 g/mol. The van der Waals surface area contributed by atoms with Gasteiger partial charge in [0.25, 0.3) is 0 Å². The molecule has 1 nitrogen and oxygen atoms in total. The van der Waals surface area contributed by atoms with E-state index >= 15 is 0 Å². The molecule has 0 heterocycles. The van der Waals surface area contributed by atoms with Crippen molar-refractivity contribution in [2.75, 3.05) is 0 Å². The molecule has 1 saturated carbocycles. The van der Waals surface area contributed by atoms with Crippen LogP contribution in [0.1, 0.15) is 79.6 Å². The van der Waals surface area contributed by atoms with E-state index in [2.05, 4.69) is 47.8 Å². The van der Waals surface area contributed by atoms with Crippen LogP contribution in [0.2, 0.25) is 0 Å². The van der Waals surface area contributed by atoms with Gasteiger partial charge in [-0.2, -0.15) is 0 Å². The lowest BCUT2D eigenvalue weighted by molar-refractivity contribution is 0.189. The second kappa shape index (κ2) is 9.67. The van der Waals surface area contributed by atoms with Gasteiger partial charge in [0.1, 0.15) is 0 Å². The highest BCUT2D eigenvalue weighted by Gasteiger charge is 2.31. The standard InChI is InChI=1S/C22H41N/c1-8-17(6)21(16(4)5)20(15(2)3)14-18(7)22(23)19-12-10-9-11-13-19/h16-17,19-22H,2,7-14,23H2,1,3-6H3. The highest BCUT2D eigenvalue weighted by Crippen LogP contribution is 2.39. The average molecular weight is 320 g/mol. The molecule has 1 aliphatic rings. The minimum absolute atomic E-state index is 0.182. The summed E-state index contributed by atoms with van der Waals surface area (Å²) in [6.45, 7) is 20.3. The van der Waals surface area contributed by atoms with Gasteiger partial charge >= 0.3 is 0 Å². The van der Waals surface area contributed by atoms with Crippen LogP contribution in [-0.2, 0) is 0 Å². The highest BCUT2D eigenvalue weighted by atomic mass is 14.7. The molecule has 0 spiro atoms. The average Bonchev–Trinajstić information content (AvgIpc) is 2.53. The Morgan fingerprint density at radius 3 is 2.09 bits per heavy atom. The van der Waals surface area contributed by atoms with E-state index in [0.29, 0.717) is 23.7 Å². The molecule has 1 aliphatic carbocycles. The molecule has 0 bridgehead atoms. The molecule has 0 aliphatic heterocycles. The van der Waals surface area contributed by atoms with Crippen molar-refractivity contribution in [1.82, 2.24) is 0 Å².